The van der Waals surface area contributed by atoms with Gasteiger partial charge >= 0.3 is 0 Å². The first kappa shape index (κ1) is 40.6. The first-order valence-electron chi connectivity index (χ1n) is 18.2. The summed E-state index contributed by atoms with van der Waals surface area (Å²) in [6, 6.07) is 16.7. The number of amides is 3. The van der Waals surface area contributed by atoms with Gasteiger partial charge in [0.2, 0.25) is 17.7 Å². The van der Waals surface area contributed by atoms with E-state index in [1.165, 1.54) is 5.57 Å². The number of benzene rings is 2. The number of carbonyl (C=O) groups is 4. The minimum Gasteiger partial charge on any atom is -0.368 e. The number of epoxide rings is 1. The third-order valence-electron chi connectivity index (χ3n) is 9.05. The van der Waals surface area contributed by atoms with Crippen molar-refractivity contribution in [3.05, 3.63) is 83.4 Å². The van der Waals surface area contributed by atoms with E-state index in [1.54, 1.807) is 6.92 Å². The molecule has 0 aromatic heterocycles. The van der Waals surface area contributed by atoms with Crippen LogP contribution in [0.25, 0.3) is 0 Å². The molecule has 0 bridgehead atoms. The molecule has 9 nitrogen and oxygen atoms in total. The summed E-state index contributed by atoms with van der Waals surface area (Å²) in [5.74, 6) is -1.22. The van der Waals surface area contributed by atoms with Gasteiger partial charge in [-0.05, 0) is 82.3 Å². The van der Waals surface area contributed by atoms with Crippen LogP contribution in [0.15, 0.2) is 72.3 Å². The van der Waals surface area contributed by atoms with Crippen molar-refractivity contribution >= 4 is 23.5 Å². The van der Waals surface area contributed by atoms with E-state index in [1.807, 2.05) is 95.3 Å². The van der Waals surface area contributed by atoms with Crippen molar-refractivity contribution in [2.24, 2.45) is 11.8 Å². The Kier molecular flexibility index (Phi) is 16.4. The minimum absolute atomic E-state index is 0.0762. The van der Waals surface area contributed by atoms with Gasteiger partial charge in [-0.25, -0.2) is 0 Å². The second-order valence-electron chi connectivity index (χ2n) is 14.6. The molecule has 5 atom stereocenters. The van der Waals surface area contributed by atoms with Crippen molar-refractivity contribution in [1.29, 1.82) is 0 Å². The van der Waals surface area contributed by atoms with Gasteiger partial charge in [-0.3, -0.25) is 19.2 Å². The second-order valence-corrected chi connectivity index (χ2v) is 14.6. The molecule has 0 spiro atoms. The molecular weight excluding hydrogens is 630 g/mol. The molecule has 0 saturated carbocycles. The molecule has 1 aliphatic heterocycles. The van der Waals surface area contributed by atoms with Crippen LogP contribution in [0.5, 0.6) is 0 Å². The average molecular weight is 690 g/mol. The highest BCUT2D eigenvalue weighted by atomic mass is 16.6. The van der Waals surface area contributed by atoms with Gasteiger partial charge in [0, 0.05) is 13.0 Å². The molecule has 2 aromatic rings. The number of allylic oxidation sites excluding steroid dienone is 2. The van der Waals surface area contributed by atoms with Gasteiger partial charge in [0.1, 0.15) is 23.8 Å². The third-order valence-corrected chi connectivity index (χ3v) is 9.05. The number of rotatable bonds is 22. The summed E-state index contributed by atoms with van der Waals surface area (Å²) in [6.45, 7) is 14.5. The maximum atomic E-state index is 14.0. The topological polar surface area (TPSA) is 126 Å². The Morgan fingerprint density at radius 1 is 0.800 bits per heavy atom. The lowest BCUT2D eigenvalue weighted by atomic mass is 9.93. The summed E-state index contributed by atoms with van der Waals surface area (Å²) in [4.78, 5) is 55.1. The number of hydrogen-bond acceptors (Lipinski definition) is 6. The molecular formula is C41H59N3O6. The lowest BCUT2D eigenvalue weighted by molar-refractivity contribution is -0.138. The minimum atomic E-state index is -0.980. The van der Waals surface area contributed by atoms with E-state index in [2.05, 4.69) is 29.0 Å². The van der Waals surface area contributed by atoms with Gasteiger partial charge < -0.3 is 25.4 Å². The van der Waals surface area contributed by atoms with Crippen LogP contribution in [-0.2, 0) is 41.5 Å². The Labute approximate surface area is 299 Å². The van der Waals surface area contributed by atoms with Crippen molar-refractivity contribution in [3.8, 4) is 0 Å². The van der Waals surface area contributed by atoms with Crippen molar-refractivity contribution in [2.75, 3.05) is 13.2 Å². The number of carbonyl (C=O) groups excluding carboxylic acids is 4. The Morgan fingerprint density at radius 2 is 1.32 bits per heavy atom. The molecule has 0 radical (unpaired) electrons. The smallest absolute Gasteiger partial charge is 0.249 e. The largest absolute Gasteiger partial charge is 0.368 e. The van der Waals surface area contributed by atoms with E-state index in [-0.39, 0.29) is 29.9 Å². The Bertz CT molecular complexity index is 1400. The molecule has 3 N–H and O–H groups in total. The predicted octanol–water partition coefficient (Wildman–Crippen LogP) is 5.90. The van der Waals surface area contributed by atoms with Gasteiger partial charge in [-0.2, -0.15) is 0 Å². The fourth-order valence-electron chi connectivity index (χ4n) is 5.85. The number of nitrogens with one attached hydrogen (secondary N) is 3. The maximum absolute atomic E-state index is 14.0. The van der Waals surface area contributed by atoms with Gasteiger partial charge in [0.05, 0.1) is 12.6 Å². The molecule has 3 amide bonds. The normalized spacial score (nSPS) is 18.2. The monoisotopic (exact) mass is 689 g/mol. The molecule has 2 aromatic carbocycles. The number of ether oxygens (including phenoxy) is 2. The van der Waals surface area contributed by atoms with Crippen molar-refractivity contribution in [3.63, 3.8) is 0 Å². The summed E-state index contributed by atoms with van der Waals surface area (Å²) >= 11 is 0. The van der Waals surface area contributed by atoms with Gasteiger partial charge in [-0.1, -0.05) is 100 Å². The van der Waals surface area contributed by atoms with E-state index in [0.717, 1.165) is 24.0 Å². The summed E-state index contributed by atoms with van der Waals surface area (Å²) in [6.07, 6.45) is 5.12. The van der Waals surface area contributed by atoms with Crippen LogP contribution in [0.4, 0.5) is 0 Å². The van der Waals surface area contributed by atoms with Crippen LogP contribution in [0, 0.1) is 11.8 Å². The fraction of sp³-hybridized carbons (Fsp3) is 0.561. The Hall–Kier alpha value is -3.82. The lowest BCUT2D eigenvalue weighted by Gasteiger charge is -2.28. The molecule has 1 saturated heterocycles. The zero-order chi connectivity index (χ0) is 36.7. The first-order chi connectivity index (χ1) is 23.8. The molecule has 3 rings (SSSR count). The maximum Gasteiger partial charge on any atom is 0.249 e. The molecule has 50 heavy (non-hydrogen) atoms. The number of aryl methyl sites for hydroxylation is 1. The van der Waals surface area contributed by atoms with E-state index in [4.69, 9.17) is 9.47 Å². The molecule has 0 aliphatic carbocycles. The van der Waals surface area contributed by atoms with Crippen LogP contribution in [-0.4, -0.2) is 66.5 Å². The van der Waals surface area contributed by atoms with E-state index in [9.17, 15) is 19.2 Å². The van der Waals surface area contributed by atoms with E-state index >= 15 is 0 Å². The summed E-state index contributed by atoms with van der Waals surface area (Å²) < 4.78 is 11.6. The molecule has 1 unspecified atom stereocenters. The number of ketones is 1. The Morgan fingerprint density at radius 3 is 1.88 bits per heavy atom. The molecule has 1 aliphatic rings. The molecule has 274 valence electrons. The fourth-order valence-corrected chi connectivity index (χ4v) is 5.85. The number of Topliss-reactive ketones (excluding diaryl/α,β-unsaturated/α-hetero) is 1. The lowest BCUT2D eigenvalue weighted by Crippen LogP contribution is -2.58. The highest BCUT2D eigenvalue weighted by molar-refractivity contribution is 5.98. The Balaban J connectivity index is 1.79. The zero-order valence-corrected chi connectivity index (χ0v) is 31.1. The SMILES string of the molecule is C/C=C(\C)CCCOC(CCc1ccccc1)C(=O)N[C@@H](CC(C)C)C(=O)N[C@@H](Cc1ccccc1)C(=O)N[C@@H](CC(C)C)C(=O)[C@@]1(C)CO1. The second kappa shape index (κ2) is 20.1. The quantitative estimate of drug-likeness (QED) is 0.0804. The average Bonchev–Trinajstić information content (AvgIpc) is 3.84. The van der Waals surface area contributed by atoms with Gasteiger partial charge in [0.15, 0.2) is 5.78 Å². The van der Waals surface area contributed by atoms with Crippen molar-refractivity contribution in [2.45, 2.75) is 123 Å². The highest BCUT2D eigenvalue weighted by Gasteiger charge is 2.50. The van der Waals surface area contributed by atoms with Gasteiger partial charge in [0.25, 0.3) is 0 Å². The highest BCUT2D eigenvalue weighted by Crippen LogP contribution is 2.29. The summed E-state index contributed by atoms with van der Waals surface area (Å²) in [5, 5.41) is 8.86. The van der Waals surface area contributed by atoms with E-state index in [0.29, 0.717) is 38.9 Å². The predicted molar refractivity (Wildman–Crippen MR) is 197 cm³/mol. The molecule has 1 heterocycles. The van der Waals surface area contributed by atoms with Crippen LogP contribution in [0.2, 0.25) is 0 Å². The van der Waals surface area contributed by atoms with Crippen molar-refractivity contribution in [1.82, 2.24) is 16.0 Å². The third kappa shape index (κ3) is 13.8. The zero-order valence-electron chi connectivity index (χ0n) is 31.1. The first-order valence-corrected chi connectivity index (χ1v) is 18.2. The van der Waals surface area contributed by atoms with Crippen LogP contribution < -0.4 is 16.0 Å². The number of hydrogen-bond donors (Lipinski definition) is 3. The van der Waals surface area contributed by atoms with Gasteiger partial charge in [-0.15, -0.1) is 0 Å². The van der Waals surface area contributed by atoms with Crippen LogP contribution >= 0.6 is 0 Å². The summed E-state index contributed by atoms with van der Waals surface area (Å²) in [7, 11) is 0. The summed E-state index contributed by atoms with van der Waals surface area (Å²) in [5.41, 5.74) is 2.31. The molecule has 9 heteroatoms. The van der Waals surface area contributed by atoms with E-state index < -0.39 is 41.6 Å². The van der Waals surface area contributed by atoms with Crippen LogP contribution in [0.1, 0.15) is 91.7 Å². The van der Waals surface area contributed by atoms with Crippen molar-refractivity contribution < 1.29 is 28.7 Å². The standard InChI is InChI=1S/C41H59N3O6/c1-8-30(6)16-15-23-49-36(22-21-31-17-11-9-12-18-31)40(48)44-34(25-29(4)5)38(46)43-35(26-32-19-13-10-14-20-32)39(47)42-33(24-28(2)3)37(45)41(7)27-50-41/h8-14,17-20,28-29,33-36H,15-16,21-27H2,1-7H3,(H,42,47)(H,43,46)(H,44,48)/b30-8+/t33-,34-,35-,36?,41+/m0/s1. The molecule has 1 fully saturated rings. The van der Waals surface area contributed by atoms with Crippen LogP contribution in [0.3, 0.4) is 0 Å².